The van der Waals surface area contributed by atoms with E-state index in [9.17, 15) is 35.1 Å². The van der Waals surface area contributed by atoms with E-state index in [4.69, 9.17) is 14.2 Å². The van der Waals surface area contributed by atoms with Crippen molar-refractivity contribution in [1.29, 1.82) is 0 Å². The molecule has 0 bridgehead atoms. The van der Waals surface area contributed by atoms with Gasteiger partial charge in [0.25, 0.3) is 0 Å². The quantitative estimate of drug-likeness (QED) is 0.0195. The summed E-state index contributed by atoms with van der Waals surface area (Å²) in [5.74, 6) is -0.183. The molecule has 0 aromatic rings. The molecule has 1 aliphatic rings. The van der Waals surface area contributed by atoms with E-state index < -0.39 is 49.5 Å². The first kappa shape index (κ1) is 75.9. The number of nitrogens with one attached hydrogen (secondary N) is 1. The summed E-state index contributed by atoms with van der Waals surface area (Å²) in [5.41, 5.74) is 0. The Kier molecular flexibility index (Phi) is 55.6. The van der Waals surface area contributed by atoms with E-state index in [0.29, 0.717) is 19.4 Å². The van der Waals surface area contributed by atoms with Crippen molar-refractivity contribution in [3.63, 3.8) is 0 Å². The van der Waals surface area contributed by atoms with Crippen LogP contribution in [0.1, 0.15) is 328 Å². The molecule has 0 aliphatic carbocycles. The average Bonchev–Trinajstić information content (AvgIpc) is 3.49. The van der Waals surface area contributed by atoms with E-state index in [-0.39, 0.29) is 18.5 Å². The molecular formula is C69H129NO10. The maximum atomic E-state index is 13.0. The lowest BCUT2D eigenvalue weighted by molar-refractivity contribution is -0.302. The predicted molar refractivity (Wildman–Crippen MR) is 334 cm³/mol. The zero-order valence-corrected chi connectivity index (χ0v) is 52.1. The number of rotatable bonds is 60. The molecule has 1 rings (SSSR count). The number of aliphatic hydroxyl groups excluding tert-OH is 5. The number of hydrogen-bond donors (Lipinski definition) is 6. The predicted octanol–water partition coefficient (Wildman–Crippen LogP) is 17.0. The summed E-state index contributed by atoms with van der Waals surface area (Å²) in [7, 11) is 0. The Morgan fingerprint density at radius 2 is 0.800 bits per heavy atom. The Labute approximate surface area is 492 Å². The van der Waals surface area contributed by atoms with Gasteiger partial charge in [0.1, 0.15) is 24.4 Å². The molecule has 0 radical (unpaired) electrons. The van der Waals surface area contributed by atoms with Crippen molar-refractivity contribution in [2.24, 2.45) is 0 Å². The van der Waals surface area contributed by atoms with Gasteiger partial charge in [-0.1, -0.05) is 269 Å². The first-order valence-electron chi connectivity index (χ1n) is 34.3. The highest BCUT2D eigenvalue weighted by molar-refractivity contribution is 5.76. The summed E-state index contributed by atoms with van der Waals surface area (Å²) >= 11 is 0. The molecule has 1 saturated heterocycles. The van der Waals surface area contributed by atoms with Gasteiger partial charge in [-0.25, -0.2) is 0 Å². The number of hydrogen-bond acceptors (Lipinski definition) is 10. The smallest absolute Gasteiger partial charge is 0.305 e. The Hall–Kier alpha value is -2.12. The van der Waals surface area contributed by atoms with E-state index in [1.54, 1.807) is 6.08 Å². The minimum atomic E-state index is -1.57. The molecule has 1 heterocycles. The van der Waals surface area contributed by atoms with Crippen LogP contribution in [0.5, 0.6) is 0 Å². The Bertz CT molecular complexity index is 1420. The number of allylic oxidation sites excluding steroid dienone is 5. The molecule has 0 saturated carbocycles. The topological polar surface area (TPSA) is 175 Å². The third-order valence-corrected chi connectivity index (χ3v) is 16.2. The van der Waals surface area contributed by atoms with E-state index >= 15 is 0 Å². The van der Waals surface area contributed by atoms with Crippen molar-refractivity contribution in [2.45, 2.75) is 371 Å². The highest BCUT2D eigenvalue weighted by Crippen LogP contribution is 2.23. The zero-order valence-electron chi connectivity index (χ0n) is 52.1. The monoisotopic (exact) mass is 1130 g/mol. The average molecular weight is 1130 g/mol. The number of ether oxygens (including phenoxy) is 3. The Morgan fingerprint density at radius 1 is 0.450 bits per heavy atom. The molecule has 470 valence electrons. The summed E-state index contributed by atoms with van der Waals surface area (Å²) in [6, 6.07) is -0.808. The van der Waals surface area contributed by atoms with Crippen molar-refractivity contribution in [2.75, 3.05) is 19.8 Å². The second-order valence-corrected chi connectivity index (χ2v) is 23.9. The molecule has 7 unspecified atom stereocenters. The van der Waals surface area contributed by atoms with E-state index in [0.717, 1.165) is 57.8 Å². The minimum absolute atomic E-state index is 0.000687. The van der Waals surface area contributed by atoms with Gasteiger partial charge >= 0.3 is 5.97 Å². The number of aliphatic hydroxyl groups is 5. The van der Waals surface area contributed by atoms with Crippen molar-refractivity contribution in [3.8, 4) is 0 Å². The standard InChI is InChI=1S/C69H129NO10/c1-3-5-7-9-11-13-14-15-34-37-41-45-49-53-57-65(74)78-58-54-50-46-42-38-35-32-30-28-26-24-22-20-18-16-17-19-21-23-25-27-29-31-33-36-40-44-48-52-56-64(73)70-61(62(72)55-51-47-43-39-12-10-8-6-4-2)60-79-69-68(77)67(76)66(75)63(59-71)80-69/h14-16,18,51,55,61-63,66-69,71-72,75-77H,3-13,17,19-50,52-54,56-60H2,1-2H3,(H,70,73)/b15-14-,18-16-,55-51+. The van der Waals surface area contributed by atoms with Crippen molar-refractivity contribution < 1.29 is 49.3 Å². The third kappa shape index (κ3) is 47.3. The first-order chi connectivity index (χ1) is 39.2. The molecule has 1 aliphatic heterocycles. The van der Waals surface area contributed by atoms with Gasteiger partial charge in [-0.2, -0.15) is 0 Å². The lowest BCUT2D eigenvalue weighted by Crippen LogP contribution is -2.60. The highest BCUT2D eigenvalue weighted by atomic mass is 16.7. The number of unbranched alkanes of at least 4 members (excludes halogenated alkanes) is 42. The van der Waals surface area contributed by atoms with Crippen LogP contribution in [0.3, 0.4) is 0 Å². The normalized spacial score (nSPS) is 18.5. The lowest BCUT2D eigenvalue weighted by atomic mass is 9.99. The van der Waals surface area contributed by atoms with Gasteiger partial charge in [-0.3, -0.25) is 9.59 Å². The molecule has 80 heavy (non-hydrogen) atoms. The summed E-state index contributed by atoms with van der Waals surface area (Å²) < 4.78 is 16.7. The molecule has 0 aromatic heterocycles. The van der Waals surface area contributed by atoms with Crippen LogP contribution in [0.2, 0.25) is 0 Å². The fourth-order valence-corrected chi connectivity index (χ4v) is 10.8. The minimum Gasteiger partial charge on any atom is -0.466 e. The second kappa shape index (κ2) is 58.6. The fraction of sp³-hybridized carbons (Fsp3) is 0.884. The lowest BCUT2D eigenvalue weighted by Gasteiger charge is -2.40. The molecule has 0 aromatic carbocycles. The summed E-state index contributed by atoms with van der Waals surface area (Å²) in [5, 5.41) is 54.3. The number of carbonyl (C=O) groups excluding carboxylic acids is 2. The molecule has 1 amide bonds. The maximum absolute atomic E-state index is 13.0. The maximum Gasteiger partial charge on any atom is 0.305 e. The van der Waals surface area contributed by atoms with Crippen LogP contribution in [0.4, 0.5) is 0 Å². The van der Waals surface area contributed by atoms with Gasteiger partial charge in [-0.05, 0) is 83.5 Å². The number of amides is 1. The van der Waals surface area contributed by atoms with Crippen LogP contribution in [-0.2, 0) is 23.8 Å². The van der Waals surface area contributed by atoms with Gasteiger partial charge < -0.3 is 45.1 Å². The van der Waals surface area contributed by atoms with Crippen molar-refractivity contribution >= 4 is 11.9 Å². The summed E-state index contributed by atoms with van der Waals surface area (Å²) in [6.45, 7) is 4.33. The fourth-order valence-electron chi connectivity index (χ4n) is 10.8. The van der Waals surface area contributed by atoms with Crippen LogP contribution in [0.15, 0.2) is 36.5 Å². The van der Waals surface area contributed by atoms with Crippen LogP contribution >= 0.6 is 0 Å². The molecule has 11 nitrogen and oxygen atoms in total. The van der Waals surface area contributed by atoms with E-state index in [1.807, 2.05) is 6.08 Å². The highest BCUT2D eigenvalue weighted by Gasteiger charge is 2.44. The van der Waals surface area contributed by atoms with Crippen LogP contribution < -0.4 is 5.32 Å². The van der Waals surface area contributed by atoms with Gasteiger partial charge in [0.15, 0.2) is 6.29 Å². The van der Waals surface area contributed by atoms with Gasteiger partial charge in [0, 0.05) is 12.8 Å². The van der Waals surface area contributed by atoms with E-state index in [1.165, 1.54) is 244 Å². The largest absolute Gasteiger partial charge is 0.466 e. The van der Waals surface area contributed by atoms with Crippen molar-refractivity contribution in [1.82, 2.24) is 5.32 Å². The van der Waals surface area contributed by atoms with Crippen LogP contribution in [-0.4, -0.2) is 100 Å². The molecular weight excluding hydrogens is 1000 g/mol. The second-order valence-electron chi connectivity index (χ2n) is 23.9. The van der Waals surface area contributed by atoms with E-state index in [2.05, 4.69) is 43.5 Å². The summed E-state index contributed by atoms with van der Waals surface area (Å²) in [4.78, 5) is 25.1. The molecule has 0 spiro atoms. The van der Waals surface area contributed by atoms with Gasteiger partial charge in [0.05, 0.1) is 32.0 Å². The Morgan fingerprint density at radius 3 is 1.20 bits per heavy atom. The third-order valence-electron chi connectivity index (χ3n) is 16.2. The molecule has 7 atom stereocenters. The number of esters is 1. The molecule has 11 heteroatoms. The van der Waals surface area contributed by atoms with Crippen molar-refractivity contribution in [3.05, 3.63) is 36.5 Å². The zero-order chi connectivity index (χ0) is 58.0. The van der Waals surface area contributed by atoms with Crippen LogP contribution in [0.25, 0.3) is 0 Å². The first-order valence-corrected chi connectivity index (χ1v) is 34.3. The van der Waals surface area contributed by atoms with Gasteiger partial charge in [-0.15, -0.1) is 0 Å². The SMILES string of the molecule is CCCCCCC/C=C\CCCCCCCC(=O)OCCCCCCCCCCCCCC/C=C\CCCCCCCCCCCCCCCC(=O)NC(COC1OC(CO)C(O)C(O)C1O)C(O)/C=C/CCCCCCCCC. The molecule has 1 fully saturated rings. The Balaban J connectivity index is 1.93. The van der Waals surface area contributed by atoms with Gasteiger partial charge in [0.2, 0.25) is 5.91 Å². The molecule has 6 N–H and O–H groups in total. The number of carbonyl (C=O) groups is 2. The van der Waals surface area contributed by atoms with Crippen LogP contribution in [0, 0.1) is 0 Å². The summed E-state index contributed by atoms with van der Waals surface area (Å²) in [6.07, 6.45) is 64.3.